The van der Waals surface area contributed by atoms with Crippen LogP contribution in [0.25, 0.3) is 0 Å². The maximum atomic E-state index is 13.7. The van der Waals surface area contributed by atoms with E-state index in [2.05, 4.69) is 0 Å². The summed E-state index contributed by atoms with van der Waals surface area (Å²) < 4.78 is 361. The fourth-order valence-electron chi connectivity index (χ4n) is 2.02. The van der Waals surface area contributed by atoms with Gasteiger partial charge in [0.1, 0.15) is 0 Å². The molecule has 0 heterocycles. The third kappa shape index (κ3) is 5.35. The van der Waals surface area contributed by atoms with E-state index in [-0.39, 0.29) is 0 Å². The fraction of sp³-hybridized carbons (Fsp3) is 1.00. The van der Waals surface area contributed by atoms with Crippen molar-refractivity contribution in [2.75, 3.05) is 0 Å². The molecule has 0 saturated heterocycles. The van der Waals surface area contributed by atoms with Gasteiger partial charge in [0.2, 0.25) is 0 Å². The van der Waals surface area contributed by atoms with Gasteiger partial charge in [0.25, 0.3) is 0 Å². The Kier molecular flexibility index (Phi) is 10.1. The Bertz CT molecular complexity index is 1150. The van der Waals surface area contributed by atoms with Gasteiger partial charge in [0.05, 0.1) is 0 Å². The molecular formula is C12HF26O4P2+. The Morgan fingerprint density at radius 2 is 0.636 bits per heavy atom. The molecule has 4 nitrogen and oxygen atoms in total. The van der Waals surface area contributed by atoms with E-state index in [4.69, 9.17) is 4.89 Å². The van der Waals surface area contributed by atoms with Crippen molar-refractivity contribution in [2.45, 2.75) is 71.1 Å². The van der Waals surface area contributed by atoms with Gasteiger partial charge < -0.3 is 4.89 Å². The average molecular weight is 765 g/mol. The van der Waals surface area contributed by atoms with Crippen LogP contribution in [0.3, 0.4) is 0 Å². The Balaban J connectivity index is 6.97. The predicted octanol–water partition coefficient (Wildman–Crippen LogP) is 9.32. The predicted molar refractivity (Wildman–Crippen MR) is 80.1 cm³/mol. The molecule has 2 unspecified atom stereocenters. The van der Waals surface area contributed by atoms with E-state index in [9.17, 15) is 123 Å². The lowest BCUT2D eigenvalue weighted by atomic mass is 9.98. The van der Waals surface area contributed by atoms with Crippen LogP contribution in [0.5, 0.6) is 0 Å². The van der Waals surface area contributed by atoms with E-state index in [1.165, 1.54) is 0 Å². The minimum Gasteiger partial charge on any atom is -0.317 e. The van der Waals surface area contributed by atoms with Crippen molar-refractivity contribution >= 4 is 15.6 Å². The molecule has 0 saturated carbocycles. The smallest absolute Gasteiger partial charge is 0.317 e. The second kappa shape index (κ2) is 10.5. The molecule has 0 fully saturated rings. The molecule has 0 amide bonds. The number of halogens is 26. The molecule has 0 aliphatic carbocycles. The molecule has 0 rings (SSSR count). The number of rotatable bonds is 12. The fourth-order valence-corrected chi connectivity index (χ4v) is 4.51. The van der Waals surface area contributed by atoms with Crippen LogP contribution in [0.15, 0.2) is 0 Å². The Morgan fingerprint density at radius 1 is 0.409 bits per heavy atom. The van der Waals surface area contributed by atoms with Crippen LogP contribution in [-0.4, -0.2) is 76.0 Å². The molecule has 0 aliphatic rings. The normalized spacial score (nSPS) is 18.3. The molecule has 32 heteroatoms. The standard InChI is InChI=1S/C12F26O4P2/c13-1(14,5(21,22)9(29,30)31)3(17,18)7(25,26)11(35,36)43(39)42-44(40,41)12(37,38)8(27,28)4(19,20)2(15,16)6(23,24)10(32,33)34/p+1. The molecule has 0 radical (unpaired) electrons. The van der Waals surface area contributed by atoms with Crippen LogP contribution in [0.2, 0.25) is 0 Å². The van der Waals surface area contributed by atoms with Gasteiger partial charge in [-0.05, 0) is 8.88 Å². The quantitative estimate of drug-likeness (QED) is 0.159. The molecular weight excluding hydrogens is 764 g/mol. The van der Waals surface area contributed by atoms with Crippen molar-refractivity contribution in [3.05, 3.63) is 0 Å². The average Bonchev–Trinajstić information content (AvgIpc) is 2.75. The maximum absolute atomic E-state index is 13.7. The molecule has 0 aromatic rings. The zero-order valence-corrected chi connectivity index (χ0v) is 20.2. The monoisotopic (exact) mass is 765 g/mol. The van der Waals surface area contributed by atoms with Gasteiger partial charge in [-0.2, -0.15) is 105 Å². The molecule has 264 valence electrons. The zero-order valence-electron chi connectivity index (χ0n) is 18.4. The summed E-state index contributed by atoms with van der Waals surface area (Å²) in [6, 6.07) is 0. The first kappa shape index (κ1) is 42.4. The third-order valence-electron chi connectivity index (χ3n) is 4.60. The van der Waals surface area contributed by atoms with Crippen LogP contribution in [0, 0.1) is 0 Å². The molecule has 0 aromatic carbocycles. The summed E-state index contributed by atoms with van der Waals surface area (Å²) in [6.45, 7) is 0. The van der Waals surface area contributed by atoms with Crippen molar-refractivity contribution in [3.8, 4) is 0 Å². The Hall–Kier alpha value is -1.57. The van der Waals surface area contributed by atoms with Crippen LogP contribution in [-0.2, 0) is 13.4 Å². The lowest BCUT2D eigenvalue weighted by Gasteiger charge is -2.39. The Labute approximate surface area is 220 Å². The van der Waals surface area contributed by atoms with Gasteiger partial charge in [-0.1, -0.05) is 0 Å². The van der Waals surface area contributed by atoms with Gasteiger partial charge in [-0.15, -0.1) is 8.78 Å². The van der Waals surface area contributed by atoms with Crippen LogP contribution in [0.4, 0.5) is 114 Å². The molecule has 2 atom stereocenters. The van der Waals surface area contributed by atoms with E-state index in [1.807, 2.05) is 0 Å². The first-order chi connectivity index (χ1) is 18.4. The molecule has 0 bridgehead atoms. The number of hydrogen-bond donors (Lipinski definition) is 1. The lowest BCUT2D eigenvalue weighted by Crippen LogP contribution is -2.70. The number of hydrogen-bond acceptors (Lipinski definition) is 3. The van der Waals surface area contributed by atoms with Crippen molar-refractivity contribution < 1.29 is 132 Å². The summed E-state index contributed by atoms with van der Waals surface area (Å²) in [5.41, 5.74) is -17.0. The highest BCUT2D eigenvalue weighted by molar-refractivity contribution is 7.62. The SMILES string of the molecule is O=[P+](OP(=O)(O)C(F)(F)C(F)(F)C(F)(F)C(F)(F)C(F)(F)C(F)(F)F)C(F)(F)C(F)(F)C(F)(F)C(F)(F)C(F)(F)C(F)(F)F. The summed E-state index contributed by atoms with van der Waals surface area (Å²) in [4.78, 5) is 8.52. The zero-order chi connectivity index (χ0) is 36.8. The van der Waals surface area contributed by atoms with Gasteiger partial charge >= 0.3 is 86.7 Å². The second-order valence-electron chi connectivity index (χ2n) is 7.53. The van der Waals surface area contributed by atoms with Crippen molar-refractivity contribution in [3.63, 3.8) is 0 Å². The third-order valence-corrected chi connectivity index (χ3v) is 7.81. The lowest BCUT2D eigenvalue weighted by molar-refractivity contribution is -0.434. The highest BCUT2D eigenvalue weighted by atomic mass is 31.2. The largest absolute Gasteiger partial charge is 0.602 e. The van der Waals surface area contributed by atoms with E-state index in [0.717, 1.165) is 0 Å². The van der Waals surface area contributed by atoms with E-state index < -0.39 is 86.7 Å². The highest BCUT2D eigenvalue weighted by Gasteiger charge is 2.97. The van der Waals surface area contributed by atoms with Gasteiger partial charge in [-0.3, -0.25) is 0 Å². The molecule has 0 aliphatic heterocycles. The first-order valence-corrected chi connectivity index (χ1v) is 11.5. The molecule has 0 aromatic heterocycles. The summed E-state index contributed by atoms with van der Waals surface area (Å²) in [5.74, 6) is -70.6. The van der Waals surface area contributed by atoms with Crippen LogP contribution < -0.4 is 0 Å². The van der Waals surface area contributed by atoms with Crippen LogP contribution in [0.1, 0.15) is 0 Å². The minimum atomic E-state index is -9.43. The van der Waals surface area contributed by atoms with Gasteiger partial charge in [0, 0.05) is 0 Å². The molecule has 0 spiro atoms. The summed E-state index contributed by atoms with van der Waals surface area (Å²) in [5, 5.41) is 0. The maximum Gasteiger partial charge on any atom is 0.602 e. The Morgan fingerprint density at radius 3 is 0.886 bits per heavy atom. The minimum absolute atomic E-state index is 1.65. The summed E-state index contributed by atoms with van der Waals surface area (Å²) in [7, 11) is -17.0. The van der Waals surface area contributed by atoms with Gasteiger partial charge in [0.15, 0.2) is 0 Å². The number of alkyl halides is 26. The van der Waals surface area contributed by atoms with E-state index in [0.29, 0.717) is 0 Å². The highest BCUT2D eigenvalue weighted by Crippen LogP contribution is 2.75. The topological polar surface area (TPSA) is 63.6 Å². The van der Waals surface area contributed by atoms with E-state index >= 15 is 0 Å². The van der Waals surface area contributed by atoms with E-state index in [1.54, 1.807) is 4.31 Å². The van der Waals surface area contributed by atoms with Crippen molar-refractivity contribution in [1.29, 1.82) is 0 Å². The summed E-state index contributed by atoms with van der Waals surface area (Å²) in [6.07, 6.45) is -16.1. The first-order valence-electron chi connectivity index (χ1n) is 8.79. The second-order valence-corrected chi connectivity index (χ2v) is 10.9. The van der Waals surface area contributed by atoms with Crippen molar-refractivity contribution in [2.24, 2.45) is 0 Å². The molecule has 1 N–H and O–H groups in total. The van der Waals surface area contributed by atoms with Gasteiger partial charge in [-0.25, -0.2) is 4.57 Å². The van der Waals surface area contributed by atoms with Crippen LogP contribution >= 0.6 is 15.6 Å². The molecule has 44 heavy (non-hydrogen) atoms. The summed E-state index contributed by atoms with van der Waals surface area (Å²) >= 11 is 0. The van der Waals surface area contributed by atoms with Crippen molar-refractivity contribution in [1.82, 2.24) is 0 Å².